The quantitative estimate of drug-likeness (QED) is 0.544. The number of nitrogens with one attached hydrogen (secondary N) is 1. The molecule has 12 nitrogen and oxygen atoms in total. The average molecular weight is 455 g/mol. The maximum Gasteiger partial charge on any atom is 0.343 e. The van der Waals surface area contributed by atoms with Gasteiger partial charge in [-0.2, -0.15) is 17.0 Å². The second-order valence-electron chi connectivity index (χ2n) is 7.35. The second kappa shape index (κ2) is 9.04. The number of esters is 1. The Morgan fingerprint density at radius 2 is 1.84 bits per heavy atom. The fourth-order valence-corrected chi connectivity index (χ4v) is 5.32. The summed E-state index contributed by atoms with van der Waals surface area (Å²) >= 11 is 0. The smallest absolute Gasteiger partial charge is 0.343 e. The first-order chi connectivity index (χ1) is 14.9. The van der Waals surface area contributed by atoms with Crippen molar-refractivity contribution in [2.24, 2.45) is 0 Å². The van der Waals surface area contributed by atoms with Crippen molar-refractivity contribution in [2.45, 2.75) is 13.5 Å². The van der Waals surface area contributed by atoms with E-state index in [1.54, 1.807) is 6.92 Å². The minimum atomic E-state index is -3.49. The van der Waals surface area contributed by atoms with Gasteiger partial charge in [-0.15, -0.1) is 0 Å². The molecule has 1 N–H and O–H groups in total. The van der Waals surface area contributed by atoms with E-state index in [1.807, 2.05) is 4.90 Å². The van der Waals surface area contributed by atoms with Crippen LogP contribution in [-0.4, -0.2) is 102 Å². The van der Waals surface area contributed by atoms with E-state index >= 15 is 0 Å². The van der Waals surface area contributed by atoms with Crippen molar-refractivity contribution in [3.8, 4) is 0 Å². The summed E-state index contributed by atoms with van der Waals surface area (Å²) in [6.45, 7) is 5.62. The summed E-state index contributed by atoms with van der Waals surface area (Å²) in [7, 11) is -3.49. The molecule has 0 bridgehead atoms. The summed E-state index contributed by atoms with van der Waals surface area (Å²) in [5, 5.41) is 2.72. The van der Waals surface area contributed by atoms with E-state index in [0.29, 0.717) is 64.7 Å². The number of H-pyrrole nitrogens is 1. The third-order valence-corrected chi connectivity index (χ3v) is 7.42. The lowest BCUT2D eigenvalue weighted by molar-refractivity contribution is 0.0528. The lowest BCUT2D eigenvalue weighted by Gasteiger charge is -2.37. The first-order valence-corrected chi connectivity index (χ1v) is 11.6. The van der Waals surface area contributed by atoms with Crippen LogP contribution in [0.5, 0.6) is 0 Å². The van der Waals surface area contributed by atoms with Crippen LogP contribution in [0.4, 0.5) is 0 Å². The van der Waals surface area contributed by atoms with Gasteiger partial charge in [-0.05, 0) is 6.92 Å². The Balaban J connectivity index is 1.44. The first-order valence-electron chi connectivity index (χ1n) is 10.2. The fourth-order valence-electron chi connectivity index (χ4n) is 3.76. The number of nitrogens with zero attached hydrogens (tertiary/aromatic N) is 5. The van der Waals surface area contributed by atoms with Gasteiger partial charge < -0.3 is 9.47 Å². The first kappa shape index (κ1) is 21.9. The number of hydrogen-bond donors (Lipinski definition) is 1. The number of carbonyl (C=O) groups excluding carboxylic acids is 1. The molecule has 2 fully saturated rings. The molecule has 0 atom stereocenters. The Kier molecular flexibility index (Phi) is 6.39. The molecular weight excluding hydrogens is 428 g/mol. The number of fused-ring (bicyclic) bond motifs is 1. The number of morpholine rings is 1. The lowest BCUT2D eigenvalue weighted by atomic mass is 10.3. The molecule has 4 heterocycles. The van der Waals surface area contributed by atoms with Crippen LogP contribution in [0.2, 0.25) is 0 Å². The number of ether oxygens (including phenoxy) is 2. The highest BCUT2D eigenvalue weighted by Gasteiger charge is 2.33. The molecule has 0 spiro atoms. The van der Waals surface area contributed by atoms with Gasteiger partial charge in [0.1, 0.15) is 5.56 Å². The predicted octanol–water partition coefficient (Wildman–Crippen LogP) is -1.11. The molecule has 0 amide bonds. The number of hydrogen-bond acceptors (Lipinski definition) is 8. The van der Waals surface area contributed by atoms with Crippen LogP contribution in [0.25, 0.3) is 5.65 Å². The number of rotatable bonds is 6. The maximum atomic E-state index is 12.8. The Morgan fingerprint density at radius 1 is 1.16 bits per heavy atom. The monoisotopic (exact) mass is 454 g/mol. The summed E-state index contributed by atoms with van der Waals surface area (Å²) in [6.07, 6.45) is 1.40. The van der Waals surface area contributed by atoms with Gasteiger partial charge in [0.15, 0.2) is 5.65 Å². The van der Waals surface area contributed by atoms with Gasteiger partial charge in [0.25, 0.3) is 15.8 Å². The van der Waals surface area contributed by atoms with E-state index in [-0.39, 0.29) is 23.4 Å². The standard InChI is InChI=1S/C18H26N6O6S/c1-2-30-18(26)15-12-19-24-16(25)11-14(20-17(15)24)13-21-3-5-22(6-4-21)31(27,28)23-7-9-29-10-8-23/h11-12,19H,2-10,13H2,1H3. The number of piperazine rings is 1. The Labute approximate surface area is 179 Å². The molecule has 0 radical (unpaired) electrons. The van der Waals surface area contributed by atoms with Crippen molar-refractivity contribution in [1.29, 1.82) is 0 Å². The molecule has 2 aromatic rings. The zero-order chi connectivity index (χ0) is 22.0. The third kappa shape index (κ3) is 4.50. The van der Waals surface area contributed by atoms with Gasteiger partial charge in [0, 0.05) is 58.1 Å². The highest BCUT2D eigenvalue weighted by Crippen LogP contribution is 2.16. The number of aromatic amines is 1. The van der Waals surface area contributed by atoms with E-state index in [4.69, 9.17) is 9.47 Å². The molecule has 13 heteroatoms. The average Bonchev–Trinajstić information content (AvgIpc) is 3.20. The van der Waals surface area contributed by atoms with Crippen molar-refractivity contribution in [3.63, 3.8) is 0 Å². The minimum absolute atomic E-state index is 0.197. The van der Waals surface area contributed by atoms with Gasteiger partial charge >= 0.3 is 5.97 Å². The molecule has 0 aliphatic carbocycles. The van der Waals surface area contributed by atoms with Crippen molar-refractivity contribution < 1.29 is 22.7 Å². The van der Waals surface area contributed by atoms with E-state index in [0.717, 1.165) is 0 Å². The highest BCUT2D eigenvalue weighted by molar-refractivity contribution is 7.86. The molecule has 170 valence electrons. The van der Waals surface area contributed by atoms with Crippen LogP contribution in [0.15, 0.2) is 17.1 Å². The highest BCUT2D eigenvalue weighted by atomic mass is 32.2. The Bertz CT molecular complexity index is 1100. The molecule has 0 aromatic carbocycles. The van der Waals surface area contributed by atoms with E-state index in [9.17, 15) is 18.0 Å². The molecule has 2 aromatic heterocycles. The van der Waals surface area contributed by atoms with Crippen LogP contribution in [-0.2, 0) is 26.2 Å². The molecule has 2 saturated heterocycles. The molecule has 2 aliphatic rings. The van der Waals surface area contributed by atoms with Gasteiger partial charge in [-0.3, -0.25) is 14.8 Å². The third-order valence-electron chi connectivity index (χ3n) is 5.39. The molecule has 0 unspecified atom stereocenters. The van der Waals surface area contributed by atoms with Crippen LogP contribution in [0.1, 0.15) is 23.0 Å². The van der Waals surface area contributed by atoms with Gasteiger partial charge in [0.05, 0.1) is 25.5 Å². The lowest BCUT2D eigenvalue weighted by Crippen LogP contribution is -2.54. The predicted molar refractivity (Wildman–Crippen MR) is 110 cm³/mol. The molecule has 31 heavy (non-hydrogen) atoms. The summed E-state index contributed by atoms with van der Waals surface area (Å²) in [6, 6.07) is 1.41. The van der Waals surface area contributed by atoms with Crippen molar-refractivity contribution in [2.75, 3.05) is 59.1 Å². The van der Waals surface area contributed by atoms with Crippen molar-refractivity contribution in [3.05, 3.63) is 33.9 Å². The normalized spacial score (nSPS) is 19.6. The Morgan fingerprint density at radius 3 is 2.52 bits per heavy atom. The van der Waals surface area contributed by atoms with E-state index in [2.05, 4.69) is 10.1 Å². The summed E-state index contributed by atoms with van der Waals surface area (Å²) in [5.41, 5.74) is 0.598. The van der Waals surface area contributed by atoms with E-state index < -0.39 is 16.2 Å². The van der Waals surface area contributed by atoms with Crippen molar-refractivity contribution >= 4 is 21.8 Å². The molecular formula is C18H26N6O6S. The maximum absolute atomic E-state index is 12.8. The zero-order valence-corrected chi connectivity index (χ0v) is 18.1. The molecule has 4 rings (SSSR count). The largest absolute Gasteiger partial charge is 0.462 e. The fraction of sp³-hybridized carbons (Fsp3) is 0.611. The molecule has 2 aliphatic heterocycles. The van der Waals surface area contributed by atoms with Crippen molar-refractivity contribution in [1.82, 2.24) is 28.1 Å². The zero-order valence-electron chi connectivity index (χ0n) is 17.3. The van der Waals surface area contributed by atoms with E-state index in [1.165, 1.54) is 25.4 Å². The van der Waals surface area contributed by atoms with Crippen LogP contribution < -0.4 is 5.56 Å². The van der Waals surface area contributed by atoms with Gasteiger partial charge in [-0.25, -0.2) is 14.3 Å². The van der Waals surface area contributed by atoms with Gasteiger partial charge in [0.2, 0.25) is 0 Å². The van der Waals surface area contributed by atoms with Crippen LogP contribution >= 0.6 is 0 Å². The molecule has 0 saturated carbocycles. The van der Waals surface area contributed by atoms with Gasteiger partial charge in [-0.1, -0.05) is 0 Å². The Hall–Kier alpha value is -2.32. The summed E-state index contributed by atoms with van der Waals surface area (Å²) < 4.78 is 40.0. The topological polar surface area (TPSA) is 130 Å². The minimum Gasteiger partial charge on any atom is -0.462 e. The SMILES string of the molecule is CCOC(=O)c1c[nH]n2c(=O)cc(CN3CCN(S(=O)(=O)N4CCOCC4)CC3)nc12. The van der Waals surface area contributed by atoms with Crippen LogP contribution in [0, 0.1) is 0 Å². The second-order valence-corrected chi connectivity index (χ2v) is 9.28. The summed E-state index contributed by atoms with van der Waals surface area (Å²) in [5.74, 6) is -0.549. The number of aromatic nitrogens is 3. The van der Waals surface area contributed by atoms with Crippen LogP contribution in [0.3, 0.4) is 0 Å². The number of carbonyl (C=O) groups is 1. The summed E-state index contributed by atoms with van der Waals surface area (Å²) in [4.78, 5) is 31.0.